The van der Waals surface area contributed by atoms with E-state index in [0.29, 0.717) is 0 Å². The molecule has 2 aliphatic carbocycles. The number of benzene rings is 13. The molecule has 0 fully saturated rings. The highest BCUT2D eigenvalue weighted by Gasteiger charge is 2.52. The third-order valence-electron chi connectivity index (χ3n) is 17.8. The largest absolute Gasteiger partial charge is 0.456 e. The molecule has 1 atom stereocenters. The van der Waals surface area contributed by atoms with Gasteiger partial charge in [0.2, 0.25) is 0 Å². The van der Waals surface area contributed by atoms with E-state index in [1.54, 1.807) is 0 Å². The highest BCUT2D eigenvalue weighted by atomic mass is 16.3. The van der Waals surface area contributed by atoms with Gasteiger partial charge in [-0.3, -0.25) is 0 Å². The number of rotatable bonds is 8. The topological polar surface area (TPSA) is 45.9 Å². The molecule has 0 radical (unpaired) electrons. The van der Waals surface area contributed by atoms with E-state index in [-0.39, 0.29) is 0 Å². The lowest BCUT2D eigenvalue weighted by Gasteiger charge is -2.33. The lowest BCUT2D eigenvalue weighted by atomic mass is 9.70. The molecule has 0 saturated heterocycles. The molecule has 16 aromatic rings. The number of hydrogen-bond donors (Lipinski definition) is 0. The smallest absolute Gasteiger partial charge is 0.159 e. The fourth-order valence-electron chi connectivity index (χ4n) is 14.3. The molecule has 0 aliphatic heterocycles. The lowest BCUT2D eigenvalue weighted by molar-refractivity contribution is 0.668. The minimum absolute atomic E-state index is 0.664. The quantitative estimate of drug-likeness (QED) is 0.152. The number of nitrogens with zero attached hydrogens (tertiary/aromatic N) is 2. The van der Waals surface area contributed by atoms with Gasteiger partial charge in [0.05, 0.1) is 16.8 Å². The summed E-state index contributed by atoms with van der Waals surface area (Å²) in [7, 11) is 0. The minimum Gasteiger partial charge on any atom is -0.456 e. The number of fused-ring (bicyclic) bond motifs is 20. The fraction of sp³-hybridized carbons (Fsp3) is 0.0127. The zero-order valence-corrected chi connectivity index (χ0v) is 45.3. The van der Waals surface area contributed by atoms with Gasteiger partial charge < -0.3 is 23.1 Å². The molecule has 5 nitrogen and oxygen atoms in total. The van der Waals surface area contributed by atoms with Crippen molar-refractivity contribution in [2.24, 2.45) is 0 Å². The molecule has 5 heteroatoms. The normalized spacial score (nSPS) is 14.0. The molecule has 18 rings (SSSR count). The van der Waals surface area contributed by atoms with E-state index in [4.69, 9.17) is 13.3 Å². The predicted molar refractivity (Wildman–Crippen MR) is 345 cm³/mol. The maximum absolute atomic E-state index is 7.09. The van der Waals surface area contributed by atoms with Crippen LogP contribution in [0, 0.1) is 0 Å². The Hall–Kier alpha value is -11.1. The first-order valence-corrected chi connectivity index (χ1v) is 28.7. The maximum atomic E-state index is 7.09. The van der Waals surface area contributed by atoms with Crippen molar-refractivity contribution >= 4 is 99.9 Å². The Morgan fingerprint density at radius 3 is 1.37 bits per heavy atom. The molecule has 0 saturated carbocycles. The molecular weight excluding hydrogens is 1020 g/mol. The fourth-order valence-corrected chi connectivity index (χ4v) is 14.3. The summed E-state index contributed by atoms with van der Waals surface area (Å²) in [6.07, 6.45) is 0. The van der Waals surface area contributed by atoms with Gasteiger partial charge in [-0.15, -0.1) is 0 Å². The molecule has 1 unspecified atom stereocenters. The van der Waals surface area contributed by atoms with Crippen molar-refractivity contribution in [2.75, 3.05) is 9.80 Å². The minimum atomic E-state index is -0.664. The summed E-state index contributed by atoms with van der Waals surface area (Å²) in [4.78, 5) is 4.81. The molecule has 0 N–H and O–H groups in total. The van der Waals surface area contributed by atoms with Gasteiger partial charge in [0.25, 0.3) is 0 Å². The highest BCUT2D eigenvalue weighted by Crippen LogP contribution is 2.65. The van der Waals surface area contributed by atoms with E-state index in [9.17, 15) is 0 Å². The van der Waals surface area contributed by atoms with Crippen molar-refractivity contribution in [1.82, 2.24) is 0 Å². The summed E-state index contributed by atoms with van der Waals surface area (Å²) in [6.45, 7) is 0. The second-order valence-electron chi connectivity index (χ2n) is 22.2. The Bertz CT molecular complexity index is 5340. The second-order valence-corrected chi connectivity index (χ2v) is 22.2. The zero-order valence-electron chi connectivity index (χ0n) is 45.3. The van der Waals surface area contributed by atoms with E-state index in [0.717, 1.165) is 122 Å². The Morgan fingerprint density at radius 2 is 0.726 bits per heavy atom. The first kappa shape index (κ1) is 46.6. The van der Waals surface area contributed by atoms with Crippen LogP contribution in [0.5, 0.6) is 0 Å². The van der Waals surface area contributed by atoms with Crippen molar-refractivity contribution in [3.63, 3.8) is 0 Å². The van der Waals surface area contributed by atoms with Gasteiger partial charge >= 0.3 is 0 Å². The summed E-state index contributed by atoms with van der Waals surface area (Å²) in [5.41, 5.74) is 24.4. The summed E-state index contributed by atoms with van der Waals surface area (Å²) in [6, 6.07) is 105. The van der Waals surface area contributed by atoms with Gasteiger partial charge in [-0.2, -0.15) is 0 Å². The Labute approximate surface area is 483 Å². The average molecular weight is 1070 g/mol. The van der Waals surface area contributed by atoms with Crippen LogP contribution < -0.4 is 9.80 Å². The predicted octanol–water partition coefficient (Wildman–Crippen LogP) is 22.0. The van der Waals surface area contributed by atoms with E-state index >= 15 is 0 Å². The molecule has 0 amide bonds. The maximum Gasteiger partial charge on any atom is 0.159 e. The van der Waals surface area contributed by atoms with Crippen LogP contribution in [0.4, 0.5) is 34.1 Å². The van der Waals surface area contributed by atoms with Crippen molar-refractivity contribution in [1.29, 1.82) is 0 Å². The van der Waals surface area contributed by atoms with Crippen LogP contribution in [0.25, 0.3) is 110 Å². The molecular formula is C79H48N2O3. The molecule has 13 aromatic carbocycles. The van der Waals surface area contributed by atoms with Crippen LogP contribution in [0.1, 0.15) is 22.3 Å². The Balaban J connectivity index is 0.928. The van der Waals surface area contributed by atoms with Crippen LogP contribution in [0.3, 0.4) is 0 Å². The zero-order chi connectivity index (χ0) is 55.0. The van der Waals surface area contributed by atoms with Crippen LogP contribution in [0.15, 0.2) is 304 Å². The van der Waals surface area contributed by atoms with Crippen LogP contribution in [-0.4, -0.2) is 0 Å². The first-order chi connectivity index (χ1) is 41.7. The lowest BCUT2D eigenvalue weighted by Crippen LogP contribution is -2.26. The monoisotopic (exact) mass is 1070 g/mol. The summed E-state index contributed by atoms with van der Waals surface area (Å²) < 4.78 is 20.7. The number of furan rings is 3. The molecule has 2 aliphatic rings. The third kappa shape index (κ3) is 6.66. The summed E-state index contributed by atoms with van der Waals surface area (Å²) >= 11 is 0. The summed E-state index contributed by atoms with van der Waals surface area (Å²) in [5.74, 6) is 0. The van der Waals surface area contributed by atoms with Crippen LogP contribution in [0.2, 0.25) is 0 Å². The number of anilines is 6. The Morgan fingerprint density at radius 1 is 0.250 bits per heavy atom. The Kier molecular flexibility index (Phi) is 9.95. The van der Waals surface area contributed by atoms with Crippen LogP contribution >= 0.6 is 0 Å². The van der Waals surface area contributed by atoms with Crippen molar-refractivity contribution < 1.29 is 13.3 Å². The van der Waals surface area contributed by atoms with E-state index in [1.807, 2.05) is 6.07 Å². The standard InChI is InChI=1S/C79H48N2O3/c1-3-19-49(20-4-1)51-37-39-53(40-38-51)80(69-32-17-28-61-59-24-9-14-34-71(59)83-77(61)69)55-45-52(50-21-5-2-6-22-50)46-56(47-55)81(70-33-18-29-62-60-25-10-15-35-72(60)84-78(62)70)54-41-42-58-57-23-7-12-30-65(57)79(68(58)48-54)66-31-13-8-26-63(66)75-67(79)43-44-74-76(75)64-27-11-16-36-73(64)82-74/h1-48H. The first-order valence-electron chi connectivity index (χ1n) is 28.7. The molecule has 3 aromatic heterocycles. The van der Waals surface area contributed by atoms with Gasteiger partial charge in [0.1, 0.15) is 22.3 Å². The molecule has 84 heavy (non-hydrogen) atoms. The van der Waals surface area contributed by atoms with Crippen molar-refractivity contribution in [3.8, 4) is 44.5 Å². The van der Waals surface area contributed by atoms with Gasteiger partial charge in [-0.1, -0.05) is 212 Å². The van der Waals surface area contributed by atoms with Gasteiger partial charge in [0, 0.05) is 55.1 Å². The van der Waals surface area contributed by atoms with Crippen LogP contribution in [-0.2, 0) is 5.41 Å². The average Bonchev–Trinajstić information content (AvgIpc) is 2.38. The number of hydrogen-bond acceptors (Lipinski definition) is 5. The molecule has 0 bridgehead atoms. The van der Waals surface area contributed by atoms with Crippen molar-refractivity contribution in [2.45, 2.75) is 5.41 Å². The van der Waals surface area contributed by atoms with Gasteiger partial charge in [-0.25, -0.2) is 0 Å². The van der Waals surface area contributed by atoms with Crippen molar-refractivity contribution in [3.05, 3.63) is 313 Å². The highest BCUT2D eigenvalue weighted by molar-refractivity contribution is 6.17. The van der Waals surface area contributed by atoms with E-state index < -0.39 is 5.41 Å². The molecule has 1 spiro atoms. The summed E-state index contributed by atoms with van der Waals surface area (Å²) in [5, 5.41) is 6.51. The second kappa shape index (κ2) is 17.9. The van der Waals surface area contributed by atoms with Gasteiger partial charge in [-0.05, 0) is 146 Å². The van der Waals surface area contributed by atoms with E-state index in [2.05, 4.69) is 295 Å². The molecule has 392 valence electrons. The van der Waals surface area contributed by atoms with Gasteiger partial charge in [0.15, 0.2) is 11.2 Å². The number of para-hydroxylation sites is 5. The molecule has 3 heterocycles. The third-order valence-corrected chi connectivity index (χ3v) is 17.8. The van der Waals surface area contributed by atoms with E-state index in [1.165, 1.54) is 44.5 Å². The SMILES string of the molecule is c1ccc(-c2ccc(N(c3cc(-c4ccccc4)cc(N(c4ccc5c(c4)C4(c6ccccc6-5)c5ccccc5-c5c4ccc4oc6ccccc6c54)c4cccc5c4oc4ccccc45)c3)c3cccc4c3oc3ccccc34)cc2)cc1.